The van der Waals surface area contributed by atoms with Crippen molar-refractivity contribution < 1.29 is 19.4 Å². The molecule has 3 fully saturated rings. The monoisotopic (exact) mass is 422 g/mol. The Kier molecular flexibility index (Phi) is 7.83. The van der Waals surface area contributed by atoms with E-state index in [-0.39, 0.29) is 46.9 Å². The summed E-state index contributed by atoms with van der Waals surface area (Å²) in [5.41, 5.74) is 0.0741. The van der Waals surface area contributed by atoms with Crippen LogP contribution in [-0.4, -0.2) is 48.8 Å². The van der Waals surface area contributed by atoms with E-state index in [4.69, 9.17) is 4.74 Å². The van der Waals surface area contributed by atoms with Crippen molar-refractivity contribution in [1.29, 1.82) is 0 Å². The molecule has 172 valence electrons. The Morgan fingerprint density at radius 2 is 1.80 bits per heavy atom. The minimum absolute atomic E-state index is 0.0171. The lowest BCUT2D eigenvalue weighted by Gasteiger charge is -2.56. The molecular formula is C24H42N2O4. The predicted octanol–water partition coefficient (Wildman–Crippen LogP) is 3.03. The third kappa shape index (κ3) is 5.01. The van der Waals surface area contributed by atoms with Gasteiger partial charge < -0.3 is 20.5 Å². The van der Waals surface area contributed by atoms with E-state index >= 15 is 0 Å². The molecule has 0 aromatic rings. The van der Waals surface area contributed by atoms with Crippen LogP contribution in [0.4, 0.5) is 0 Å². The second-order valence-electron chi connectivity index (χ2n) is 10.5. The fraction of sp³-hybridized carbons (Fsp3) is 0.917. The summed E-state index contributed by atoms with van der Waals surface area (Å²) in [7, 11) is 1.60. The van der Waals surface area contributed by atoms with Crippen LogP contribution in [0.15, 0.2) is 0 Å². The molecule has 3 saturated carbocycles. The lowest BCUT2D eigenvalue weighted by atomic mass is 9.51. The zero-order chi connectivity index (χ0) is 21.9. The highest BCUT2D eigenvalue weighted by Crippen LogP contribution is 2.55. The van der Waals surface area contributed by atoms with Gasteiger partial charge in [-0.1, -0.05) is 33.6 Å². The average molecular weight is 423 g/mol. The van der Waals surface area contributed by atoms with Crippen molar-refractivity contribution in [2.75, 3.05) is 13.7 Å². The summed E-state index contributed by atoms with van der Waals surface area (Å²) in [4.78, 5) is 25.1. The number of carbonyl (C=O) groups excluding carboxylic acids is 2. The highest BCUT2D eigenvalue weighted by Gasteiger charge is 2.53. The van der Waals surface area contributed by atoms with Gasteiger partial charge in [0.25, 0.3) is 0 Å². The van der Waals surface area contributed by atoms with Crippen LogP contribution in [0.1, 0.15) is 78.6 Å². The van der Waals surface area contributed by atoms with Crippen molar-refractivity contribution in [1.82, 2.24) is 10.6 Å². The van der Waals surface area contributed by atoms with Gasteiger partial charge >= 0.3 is 0 Å². The summed E-state index contributed by atoms with van der Waals surface area (Å²) in [5.74, 6) is 0.187. The fourth-order valence-corrected chi connectivity index (χ4v) is 6.57. The molecule has 3 N–H and O–H groups in total. The van der Waals surface area contributed by atoms with E-state index in [1.807, 2.05) is 6.92 Å². The molecule has 0 heterocycles. The lowest BCUT2D eigenvalue weighted by molar-refractivity contribution is -0.144. The third-order valence-electron chi connectivity index (χ3n) is 8.52. The van der Waals surface area contributed by atoms with Crippen molar-refractivity contribution in [2.24, 2.45) is 29.1 Å². The highest BCUT2D eigenvalue weighted by atomic mass is 16.5. The largest absolute Gasteiger partial charge is 0.392 e. The number of amides is 2. The Morgan fingerprint density at radius 1 is 1.13 bits per heavy atom. The van der Waals surface area contributed by atoms with E-state index < -0.39 is 6.10 Å². The Morgan fingerprint density at radius 3 is 2.47 bits per heavy atom. The molecule has 0 aliphatic heterocycles. The number of carbonyl (C=O) groups is 2. The highest BCUT2D eigenvalue weighted by molar-refractivity contribution is 5.79. The molecule has 30 heavy (non-hydrogen) atoms. The van der Waals surface area contributed by atoms with Crippen LogP contribution in [0.25, 0.3) is 0 Å². The standard InChI is InChI=1S/C24H42N2O4/c1-15(23(29)25-17-7-5-6-8-17)18-9-12-24(3)13-10-19(16(2)21(24)22(18)28)26-20(27)11-14-30-4/h15-19,21-22,28H,5-14H2,1-4H3,(H,25,29)(H,26,27). The molecule has 7 unspecified atom stereocenters. The smallest absolute Gasteiger partial charge is 0.223 e. The maximum absolute atomic E-state index is 12.9. The summed E-state index contributed by atoms with van der Waals surface area (Å²) in [6.07, 6.45) is 8.28. The zero-order valence-electron chi connectivity index (χ0n) is 19.3. The number of hydrogen-bond donors (Lipinski definition) is 3. The molecule has 0 aromatic heterocycles. The van der Waals surface area contributed by atoms with Crippen LogP contribution >= 0.6 is 0 Å². The van der Waals surface area contributed by atoms with Gasteiger partial charge in [-0.3, -0.25) is 9.59 Å². The van der Waals surface area contributed by atoms with E-state index in [0.29, 0.717) is 19.1 Å². The molecular weight excluding hydrogens is 380 g/mol. The van der Waals surface area contributed by atoms with Crippen molar-refractivity contribution in [2.45, 2.75) is 96.7 Å². The van der Waals surface area contributed by atoms with Crippen molar-refractivity contribution in [3.63, 3.8) is 0 Å². The van der Waals surface area contributed by atoms with Crippen LogP contribution in [-0.2, 0) is 14.3 Å². The van der Waals surface area contributed by atoms with Gasteiger partial charge in [0.15, 0.2) is 0 Å². The molecule has 0 bridgehead atoms. The van der Waals surface area contributed by atoms with Crippen LogP contribution in [0.3, 0.4) is 0 Å². The van der Waals surface area contributed by atoms with Crippen LogP contribution < -0.4 is 10.6 Å². The molecule has 3 rings (SSSR count). The van der Waals surface area contributed by atoms with E-state index in [9.17, 15) is 14.7 Å². The third-order valence-corrected chi connectivity index (χ3v) is 8.52. The summed E-state index contributed by atoms with van der Waals surface area (Å²) in [6.45, 7) is 6.86. The van der Waals surface area contributed by atoms with Crippen LogP contribution in [0.5, 0.6) is 0 Å². The number of aliphatic hydroxyl groups is 1. The van der Waals surface area contributed by atoms with Crippen molar-refractivity contribution in [3.8, 4) is 0 Å². The molecule has 2 amide bonds. The topological polar surface area (TPSA) is 87.7 Å². The SMILES string of the molecule is COCCC(=O)NC1CCC2(C)CCC(C(C)C(=O)NC3CCCC3)C(O)C2C1C. The predicted molar refractivity (Wildman–Crippen MR) is 117 cm³/mol. The van der Waals surface area contributed by atoms with E-state index in [1.165, 1.54) is 12.8 Å². The number of hydrogen-bond acceptors (Lipinski definition) is 4. The molecule has 6 nitrogen and oxygen atoms in total. The normalized spacial score (nSPS) is 38.0. The van der Waals surface area contributed by atoms with Gasteiger partial charge in [0, 0.05) is 31.5 Å². The maximum atomic E-state index is 12.9. The maximum Gasteiger partial charge on any atom is 0.223 e. The molecule has 0 spiro atoms. The second-order valence-corrected chi connectivity index (χ2v) is 10.5. The number of aliphatic hydroxyl groups excluding tert-OH is 1. The van der Waals surface area contributed by atoms with Gasteiger partial charge in [-0.25, -0.2) is 0 Å². The van der Waals surface area contributed by atoms with Crippen molar-refractivity contribution in [3.05, 3.63) is 0 Å². The molecule has 3 aliphatic rings. The summed E-state index contributed by atoms with van der Waals surface area (Å²) in [5, 5.41) is 17.9. The van der Waals surface area contributed by atoms with E-state index in [1.54, 1.807) is 7.11 Å². The van der Waals surface area contributed by atoms with E-state index in [2.05, 4.69) is 24.5 Å². The first kappa shape index (κ1) is 23.5. The first-order chi connectivity index (χ1) is 14.3. The van der Waals surface area contributed by atoms with Crippen molar-refractivity contribution >= 4 is 11.8 Å². The quantitative estimate of drug-likeness (QED) is 0.588. The minimum Gasteiger partial charge on any atom is -0.392 e. The number of ether oxygens (including phenoxy) is 1. The van der Waals surface area contributed by atoms with Gasteiger partial charge in [-0.15, -0.1) is 0 Å². The van der Waals surface area contributed by atoms with E-state index in [0.717, 1.165) is 38.5 Å². The van der Waals surface area contributed by atoms with Crippen LogP contribution in [0.2, 0.25) is 0 Å². The molecule has 0 saturated heterocycles. The van der Waals surface area contributed by atoms with Gasteiger partial charge in [-0.05, 0) is 61.7 Å². The molecule has 3 aliphatic carbocycles. The average Bonchev–Trinajstić information content (AvgIpc) is 3.21. The first-order valence-corrected chi connectivity index (χ1v) is 12.0. The number of fused-ring (bicyclic) bond motifs is 1. The van der Waals surface area contributed by atoms with Gasteiger partial charge in [-0.2, -0.15) is 0 Å². The van der Waals surface area contributed by atoms with Gasteiger partial charge in [0.2, 0.25) is 11.8 Å². The summed E-state index contributed by atoms with van der Waals surface area (Å²) in [6, 6.07) is 0.384. The van der Waals surface area contributed by atoms with Gasteiger partial charge in [0.05, 0.1) is 12.7 Å². The molecule has 0 radical (unpaired) electrons. The Balaban J connectivity index is 1.65. The summed E-state index contributed by atoms with van der Waals surface area (Å²) >= 11 is 0. The zero-order valence-corrected chi connectivity index (χ0v) is 19.3. The lowest BCUT2D eigenvalue weighted by Crippen LogP contribution is -2.58. The minimum atomic E-state index is -0.512. The number of nitrogens with one attached hydrogen (secondary N) is 2. The van der Waals surface area contributed by atoms with Crippen LogP contribution in [0, 0.1) is 29.1 Å². The first-order valence-electron chi connectivity index (χ1n) is 12.0. The second kappa shape index (κ2) is 9.99. The Labute approximate surface area is 181 Å². The molecule has 7 atom stereocenters. The molecule has 0 aromatic carbocycles. The summed E-state index contributed by atoms with van der Waals surface area (Å²) < 4.78 is 5.02. The molecule has 6 heteroatoms. The Hall–Kier alpha value is -1.14. The fourth-order valence-electron chi connectivity index (χ4n) is 6.57. The Bertz CT molecular complexity index is 606. The number of methoxy groups -OCH3 is 1. The van der Waals surface area contributed by atoms with Gasteiger partial charge in [0.1, 0.15) is 0 Å². The number of rotatable bonds is 7.